The predicted molar refractivity (Wildman–Crippen MR) is 197 cm³/mol. The zero-order chi connectivity index (χ0) is 31.4. The van der Waals surface area contributed by atoms with E-state index in [2.05, 4.69) is 184 Å². The number of hydrogen-bond donors (Lipinski definition) is 0. The first-order valence-corrected chi connectivity index (χ1v) is 16.2. The zero-order valence-electron chi connectivity index (χ0n) is 26.9. The number of nitrogens with zero attached hydrogens (tertiary/aromatic N) is 1. The third kappa shape index (κ3) is 4.46. The Morgan fingerprint density at radius 1 is 0.457 bits per heavy atom. The zero-order valence-corrected chi connectivity index (χ0v) is 26.9. The van der Waals surface area contributed by atoms with E-state index in [1.807, 2.05) is 0 Å². The van der Waals surface area contributed by atoms with Crippen molar-refractivity contribution in [2.24, 2.45) is 0 Å². The molecule has 0 saturated carbocycles. The van der Waals surface area contributed by atoms with Crippen LogP contribution in [-0.4, -0.2) is 0 Å². The molecule has 8 rings (SSSR count). The Bertz CT molecular complexity index is 2240. The van der Waals surface area contributed by atoms with Crippen LogP contribution < -0.4 is 4.90 Å². The number of rotatable bonds is 5. The summed E-state index contributed by atoms with van der Waals surface area (Å²) in [7, 11) is 0. The van der Waals surface area contributed by atoms with Crippen molar-refractivity contribution in [2.75, 3.05) is 4.90 Å². The second-order valence-corrected chi connectivity index (χ2v) is 13.1. The summed E-state index contributed by atoms with van der Waals surface area (Å²) in [5, 5.41) is 2.50. The van der Waals surface area contributed by atoms with E-state index in [-0.39, 0.29) is 5.41 Å². The Morgan fingerprint density at radius 2 is 1.13 bits per heavy atom. The molecule has 0 amide bonds. The Balaban J connectivity index is 1.39. The molecule has 222 valence electrons. The van der Waals surface area contributed by atoms with Gasteiger partial charge in [0.05, 0.1) is 5.69 Å². The van der Waals surface area contributed by atoms with Crippen LogP contribution in [0, 0.1) is 13.8 Å². The molecule has 0 unspecified atom stereocenters. The summed E-state index contributed by atoms with van der Waals surface area (Å²) in [5.41, 5.74) is 16.4. The molecule has 7 aromatic rings. The summed E-state index contributed by atoms with van der Waals surface area (Å²) >= 11 is 0. The predicted octanol–water partition coefficient (Wildman–Crippen LogP) is 12.6. The molecule has 0 heterocycles. The van der Waals surface area contributed by atoms with Crippen LogP contribution in [0.2, 0.25) is 0 Å². The van der Waals surface area contributed by atoms with Gasteiger partial charge >= 0.3 is 0 Å². The molecule has 0 aliphatic heterocycles. The molecule has 46 heavy (non-hydrogen) atoms. The topological polar surface area (TPSA) is 3.24 Å². The van der Waals surface area contributed by atoms with E-state index in [1.54, 1.807) is 0 Å². The highest BCUT2D eigenvalue weighted by molar-refractivity contribution is 6.06. The first-order valence-electron chi connectivity index (χ1n) is 16.2. The van der Waals surface area contributed by atoms with E-state index in [0.29, 0.717) is 0 Å². The molecule has 1 aliphatic rings. The van der Waals surface area contributed by atoms with Crippen LogP contribution in [0.1, 0.15) is 36.1 Å². The summed E-state index contributed by atoms with van der Waals surface area (Å²) in [6.07, 6.45) is 0. The van der Waals surface area contributed by atoms with Crippen molar-refractivity contribution in [1.82, 2.24) is 0 Å². The maximum atomic E-state index is 2.47. The van der Waals surface area contributed by atoms with Gasteiger partial charge in [0.25, 0.3) is 0 Å². The van der Waals surface area contributed by atoms with Gasteiger partial charge in [-0.3, -0.25) is 0 Å². The van der Waals surface area contributed by atoms with Gasteiger partial charge in [0.2, 0.25) is 0 Å². The molecule has 1 heteroatoms. The summed E-state index contributed by atoms with van der Waals surface area (Å²) < 4.78 is 0. The van der Waals surface area contributed by atoms with Crippen LogP contribution in [0.5, 0.6) is 0 Å². The van der Waals surface area contributed by atoms with Crippen LogP contribution in [0.4, 0.5) is 17.1 Å². The fourth-order valence-corrected chi connectivity index (χ4v) is 7.54. The normalized spacial score (nSPS) is 13.0. The van der Waals surface area contributed by atoms with Crippen molar-refractivity contribution in [3.05, 3.63) is 174 Å². The average Bonchev–Trinajstić information content (AvgIpc) is 3.32. The van der Waals surface area contributed by atoms with Crippen molar-refractivity contribution in [3.8, 4) is 33.4 Å². The molecule has 0 spiro atoms. The lowest BCUT2D eigenvalue weighted by molar-refractivity contribution is 0.660. The van der Waals surface area contributed by atoms with E-state index in [1.165, 1.54) is 72.1 Å². The minimum Gasteiger partial charge on any atom is -0.310 e. The first kappa shape index (κ1) is 28.1. The quantitative estimate of drug-likeness (QED) is 0.192. The van der Waals surface area contributed by atoms with Crippen LogP contribution in [0.15, 0.2) is 152 Å². The fourth-order valence-electron chi connectivity index (χ4n) is 7.54. The van der Waals surface area contributed by atoms with Crippen LogP contribution in [0.3, 0.4) is 0 Å². The second kappa shape index (κ2) is 10.9. The highest BCUT2D eigenvalue weighted by atomic mass is 15.1. The van der Waals surface area contributed by atoms with E-state index >= 15 is 0 Å². The molecule has 0 radical (unpaired) electrons. The molecular formula is C45H37N. The Labute approximate surface area is 272 Å². The van der Waals surface area contributed by atoms with Crippen LogP contribution in [-0.2, 0) is 5.41 Å². The molecule has 7 aromatic carbocycles. The minimum absolute atomic E-state index is 0.0994. The third-order valence-electron chi connectivity index (χ3n) is 9.95. The van der Waals surface area contributed by atoms with E-state index in [4.69, 9.17) is 0 Å². The Morgan fingerprint density at radius 3 is 1.93 bits per heavy atom. The van der Waals surface area contributed by atoms with Crippen molar-refractivity contribution in [3.63, 3.8) is 0 Å². The lowest BCUT2D eigenvalue weighted by Gasteiger charge is -2.31. The molecule has 0 N–H and O–H groups in total. The highest BCUT2D eigenvalue weighted by Gasteiger charge is 2.37. The van der Waals surface area contributed by atoms with Gasteiger partial charge in [0.1, 0.15) is 0 Å². The third-order valence-corrected chi connectivity index (χ3v) is 9.95. The smallest absolute Gasteiger partial charge is 0.0546 e. The average molecular weight is 592 g/mol. The van der Waals surface area contributed by atoms with Gasteiger partial charge < -0.3 is 4.90 Å². The molecule has 1 nitrogen and oxygen atoms in total. The standard InChI is InChI=1S/C45H37N/c1-30-13-8-10-18-37(30)44-38-19-11-9-17-34(38)23-28-42(44)46(35-24-21-33(22-25-35)32-15-6-5-7-16-32)36-26-27-39-41(29-36)45(3,4)40-20-12-14-31(2)43(39)40/h5-29H,1-4H3. The van der Waals surface area contributed by atoms with Gasteiger partial charge in [0, 0.05) is 22.4 Å². The largest absolute Gasteiger partial charge is 0.310 e. The molecular weight excluding hydrogens is 555 g/mol. The number of anilines is 3. The minimum atomic E-state index is -0.0994. The van der Waals surface area contributed by atoms with Crippen LogP contribution in [0.25, 0.3) is 44.2 Å². The molecule has 0 bridgehead atoms. The fraction of sp³-hybridized carbons (Fsp3) is 0.111. The van der Waals surface area contributed by atoms with Crippen molar-refractivity contribution in [2.45, 2.75) is 33.1 Å². The van der Waals surface area contributed by atoms with Gasteiger partial charge in [-0.15, -0.1) is 0 Å². The molecule has 0 fully saturated rings. The van der Waals surface area contributed by atoms with Crippen LogP contribution >= 0.6 is 0 Å². The highest BCUT2D eigenvalue weighted by Crippen LogP contribution is 2.52. The lowest BCUT2D eigenvalue weighted by Crippen LogP contribution is -2.17. The number of fused-ring (bicyclic) bond motifs is 4. The second-order valence-electron chi connectivity index (χ2n) is 13.1. The monoisotopic (exact) mass is 591 g/mol. The van der Waals surface area contributed by atoms with Crippen molar-refractivity contribution < 1.29 is 0 Å². The van der Waals surface area contributed by atoms with E-state index in [0.717, 1.165) is 11.4 Å². The summed E-state index contributed by atoms with van der Waals surface area (Å²) in [6.45, 7) is 9.20. The maximum absolute atomic E-state index is 2.47. The van der Waals surface area contributed by atoms with Gasteiger partial charge in [-0.25, -0.2) is 0 Å². The molecule has 1 aliphatic carbocycles. The van der Waals surface area contributed by atoms with E-state index in [9.17, 15) is 0 Å². The van der Waals surface area contributed by atoms with Gasteiger partial charge in [-0.1, -0.05) is 135 Å². The summed E-state index contributed by atoms with van der Waals surface area (Å²) in [4.78, 5) is 2.47. The number of hydrogen-bond acceptors (Lipinski definition) is 1. The maximum Gasteiger partial charge on any atom is 0.0546 e. The molecule has 0 atom stereocenters. The SMILES string of the molecule is Cc1ccccc1-c1c(N(c2ccc(-c3ccccc3)cc2)c2ccc3c(c2)C(C)(C)c2cccc(C)c2-3)ccc2ccccc12. The Kier molecular flexibility index (Phi) is 6.65. The number of benzene rings is 7. The molecule has 0 aromatic heterocycles. The van der Waals surface area contributed by atoms with Gasteiger partial charge in [0.15, 0.2) is 0 Å². The lowest BCUT2D eigenvalue weighted by atomic mass is 9.82. The van der Waals surface area contributed by atoms with Gasteiger partial charge in [-0.2, -0.15) is 0 Å². The summed E-state index contributed by atoms with van der Waals surface area (Å²) in [5.74, 6) is 0. The first-order chi connectivity index (χ1) is 22.4. The summed E-state index contributed by atoms with van der Waals surface area (Å²) in [6, 6.07) is 55.7. The van der Waals surface area contributed by atoms with Gasteiger partial charge in [-0.05, 0) is 105 Å². The molecule has 0 saturated heterocycles. The van der Waals surface area contributed by atoms with E-state index < -0.39 is 0 Å². The number of aryl methyl sites for hydroxylation is 2. The Hall–Kier alpha value is -5.40. The van der Waals surface area contributed by atoms with Crippen molar-refractivity contribution >= 4 is 27.8 Å². The van der Waals surface area contributed by atoms with Crippen molar-refractivity contribution in [1.29, 1.82) is 0 Å².